The summed E-state index contributed by atoms with van der Waals surface area (Å²) in [6, 6.07) is 14.7. The summed E-state index contributed by atoms with van der Waals surface area (Å²) in [7, 11) is 0. The molecule has 90 valence electrons. The number of primary amides is 1. The predicted molar refractivity (Wildman–Crippen MR) is 69.7 cm³/mol. The Balaban J connectivity index is 0.00000144. The number of carbonyl (C=O) groups excluding carboxylic acids is 1. The lowest BCUT2D eigenvalue weighted by molar-refractivity contribution is -0.118. The van der Waals surface area contributed by atoms with Crippen molar-refractivity contribution in [2.45, 2.75) is 19.3 Å². The summed E-state index contributed by atoms with van der Waals surface area (Å²) in [6.07, 6.45) is 2.20. The molecule has 2 rings (SSSR count). The van der Waals surface area contributed by atoms with Gasteiger partial charge < -0.3 is 11.2 Å². The van der Waals surface area contributed by atoms with E-state index in [1.807, 2.05) is 12.1 Å². The van der Waals surface area contributed by atoms with E-state index in [2.05, 4.69) is 30.3 Å². The number of rotatable bonds is 4. The minimum Gasteiger partial charge on any atom is -0.412 e. The molecule has 17 heavy (non-hydrogen) atoms. The van der Waals surface area contributed by atoms with E-state index >= 15 is 0 Å². The summed E-state index contributed by atoms with van der Waals surface area (Å²) in [4.78, 5) is 10.6. The van der Waals surface area contributed by atoms with Crippen LogP contribution in [0.2, 0.25) is 0 Å². The van der Waals surface area contributed by atoms with Gasteiger partial charge in [0.15, 0.2) is 0 Å². The number of nitrogens with two attached hydrogens (primary N) is 1. The van der Waals surface area contributed by atoms with Gasteiger partial charge in [-0.25, -0.2) is 0 Å². The van der Waals surface area contributed by atoms with Crippen molar-refractivity contribution in [3.05, 3.63) is 48.0 Å². The first-order chi connectivity index (χ1) is 7.75. The Bertz CT molecular complexity index is 508. The number of amides is 1. The van der Waals surface area contributed by atoms with Crippen molar-refractivity contribution in [1.82, 2.24) is 0 Å². The fourth-order valence-electron chi connectivity index (χ4n) is 1.86. The number of hydrogen-bond donors (Lipinski definition) is 1. The van der Waals surface area contributed by atoms with Gasteiger partial charge in [0.05, 0.1) is 0 Å². The van der Waals surface area contributed by atoms with Crippen molar-refractivity contribution >= 4 is 16.7 Å². The molecule has 0 radical (unpaired) electrons. The number of fused-ring (bicyclic) bond motifs is 1. The fourth-order valence-corrected chi connectivity index (χ4v) is 1.86. The highest BCUT2D eigenvalue weighted by molar-refractivity contribution is 5.83. The summed E-state index contributed by atoms with van der Waals surface area (Å²) >= 11 is 0. The van der Waals surface area contributed by atoms with E-state index in [0.29, 0.717) is 6.42 Å². The van der Waals surface area contributed by atoms with Gasteiger partial charge in [-0.05, 0) is 29.2 Å². The maximum Gasteiger partial charge on any atom is 0.217 e. The molecule has 0 saturated carbocycles. The van der Waals surface area contributed by atoms with E-state index in [1.165, 1.54) is 16.3 Å². The molecule has 0 spiro atoms. The van der Waals surface area contributed by atoms with Crippen molar-refractivity contribution in [2.24, 2.45) is 5.73 Å². The van der Waals surface area contributed by atoms with Crippen LogP contribution in [0.3, 0.4) is 0 Å². The number of hydrogen-bond acceptors (Lipinski definition) is 1. The highest BCUT2D eigenvalue weighted by atomic mass is 16.1. The van der Waals surface area contributed by atoms with Gasteiger partial charge in [-0.15, -0.1) is 0 Å². The summed E-state index contributed by atoms with van der Waals surface area (Å²) in [5, 5.41) is 2.50. The zero-order valence-electron chi connectivity index (χ0n) is 9.65. The second kappa shape index (κ2) is 6.01. The van der Waals surface area contributed by atoms with Gasteiger partial charge in [0, 0.05) is 6.42 Å². The van der Waals surface area contributed by atoms with E-state index in [4.69, 9.17) is 5.73 Å². The minimum atomic E-state index is -0.221. The van der Waals surface area contributed by atoms with Crippen molar-refractivity contribution < 1.29 is 10.3 Å². The molecule has 1 amide bonds. The average molecular weight is 231 g/mol. The molecule has 0 aliphatic rings. The van der Waals surface area contributed by atoms with Crippen molar-refractivity contribution in [1.29, 1.82) is 0 Å². The first kappa shape index (κ1) is 13.2. The number of carbonyl (C=O) groups is 1. The highest BCUT2D eigenvalue weighted by Crippen LogP contribution is 2.16. The van der Waals surface area contributed by atoms with Crippen LogP contribution in [-0.2, 0) is 11.2 Å². The van der Waals surface area contributed by atoms with E-state index in [9.17, 15) is 4.79 Å². The van der Waals surface area contributed by atoms with Gasteiger partial charge in [0.1, 0.15) is 0 Å². The minimum absolute atomic E-state index is 0. The maximum absolute atomic E-state index is 10.6. The standard InChI is InChI=1S/C14H15NO.H2O/c15-14(16)7-3-4-11-8-9-12-5-1-2-6-13(12)10-11;/h1-2,5-6,8-10H,3-4,7H2,(H2,15,16);1H2. The summed E-state index contributed by atoms with van der Waals surface area (Å²) in [5.41, 5.74) is 6.37. The van der Waals surface area contributed by atoms with Crippen LogP contribution in [0.25, 0.3) is 10.8 Å². The second-order valence-electron chi connectivity index (χ2n) is 4.00. The van der Waals surface area contributed by atoms with Crippen molar-refractivity contribution in [2.75, 3.05) is 0 Å². The van der Waals surface area contributed by atoms with Crippen molar-refractivity contribution in [3.63, 3.8) is 0 Å². The summed E-state index contributed by atoms with van der Waals surface area (Å²) in [6.45, 7) is 0. The first-order valence-electron chi connectivity index (χ1n) is 5.52. The normalized spacial score (nSPS) is 9.88. The molecule has 0 aromatic heterocycles. The molecule has 2 aromatic rings. The van der Waals surface area contributed by atoms with Crippen LogP contribution in [0.5, 0.6) is 0 Å². The van der Waals surface area contributed by atoms with E-state index in [0.717, 1.165) is 12.8 Å². The third-order valence-corrected chi connectivity index (χ3v) is 2.70. The lowest BCUT2D eigenvalue weighted by Gasteiger charge is -2.02. The maximum atomic E-state index is 10.6. The molecule has 4 N–H and O–H groups in total. The highest BCUT2D eigenvalue weighted by Gasteiger charge is 1.98. The molecule has 0 aliphatic heterocycles. The van der Waals surface area contributed by atoms with Crippen LogP contribution in [0.4, 0.5) is 0 Å². The SMILES string of the molecule is NC(=O)CCCc1ccc2ccccc2c1.O. The van der Waals surface area contributed by atoms with Gasteiger partial charge in [-0.1, -0.05) is 42.5 Å². The molecule has 0 bridgehead atoms. The molecule has 3 nitrogen and oxygen atoms in total. The monoisotopic (exact) mass is 231 g/mol. The molecule has 0 atom stereocenters. The fraction of sp³-hybridized carbons (Fsp3) is 0.214. The predicted octanol–water partition coefficient (Wildman–Crippen LogP) is 1.82. The van der Waals surface area contributed by atoms with Crippen molar-refractivity contribution in [3.8, 4) is 0 Å². The second-order valence-corrected chi connectivity index (χ2v) is 4.00. The molecule has 3 heteroatoms. The van der Waals surface area contributed by atoms with Crippen LogP contribution in [0.1, 0.15) is 18.4 Å². The van der Waals surface area contributed by atoms with Crippen LogP contribution in [-0.4, -0.2) is 11.4 Å². The molecule has 2 aromatic carbocycles. The van der Waals surface area contributed by atoms with Gasteiger partial charge in [-0.2, -0.15) is 0 Å². The Kier molecular flexibility index (Phi) is 4.67. The van der Waals surface area contributed by atoms with Gasteiger partial charge in [-0.3, -0.25) is 4.79 Å². The molecular formula is C14H17NO2. The molecule has 0 heterocycles. The molecule has 0 unspecified atom stereocenters. The average Bonchev–Trinajstić information content (AvgIpc) is 2.28. The largest absolute Gasteiger partial charge is 0.412 e. The Hall–Kier alpha value is -1.87. The molecule has 0 fully saturated rings. The quantitative estimate of drug-likeness (QED) is 0.856. The van der Waals surface area contributed by atoms with Crippen LogP contribution < -0.4 is 5.73 Å². The van der Waals surface area contributed by atoms with E-state index in [-0.39, 0.29) is 11.4 Å². The Morgan fingerprint density at radius 2 is 1.76 bits per heavy atom. The molecule has 0 saturated heterocycles. The molecule has 0 aliphatic carbocycles. The van der Waals surface area contributed by atoms with E-state index < -0.39 is 0 Å². The lowest BCUT2D eigenvalue weighted by atomic mass is 10.0. The number of benzene rings is 2. The van der Waals surface area contributed by atoms with Gasteiger partial charge in [0.25, 0.3) is 0 Å². The summed E-state index contributed by atoms with van der Waals surface area (Å²) < 4.78 is 0. The molecular weight excluding hydrogens is 214 g/mol. The van der Waals surface area contributed by atoms with E-state index in [1.54, 1.807) is 0 Å². The van der Waals surface area contributed by atoms with Crippen LogP contribution in [0, 0.1) is 0 Å². The smallest absolute Gasteiger partial charge is 0.217 e. The number of aryl methyl sites for hydroxylation is 1. The third kappa shape index (κ3) is 3.57. The lowest BCUT2D eigenvalue weighted by Crippen LogP contribution is -2.10. The van der Waals surface area contributed by atoms with Crippen LogP contribution >= 0.6 is 0 Å². The van der Waals surface area contributed by atoms with Crippen LogP contribution in [0.15, 0.2) is 42.5 Å². The zero-order valence-corrected chi connectivity index (χ0v) is 9.65. The summed E-state index contributed by atoms with van der Waals surface area (Å²) in [5.74, 6) is -0.221. The Morgan fingerprint density at radius 3 is 2.47 bits per heavy atom. The van der Waals surface area contributed by atoms with Gasteiger partial charge >= 0.3 is 0 Å². The first-order valence-corrected chi connectivity index (χ1v) is 5.52. The Labute approximate surface area is 101 Å². The van der Waals surface area contributed by atoms with Gasteiger partial charge in [0.2, 0.25) is 5.91 Å². The third-order valence-electron chi connectivity index (χ3n) is 2.70. The zero-order chi connectivity index (χ0) is 11.4. The topological polar surface area (TPSA) is 74.6 Å². The Morgan fingerprint density at radius 1 is 1.06 bits per heavy atom.